The molecule has 3 rings (SSSR count). The highest BCUT2D eigenvalue weighted by Crippen LogP contribution is 2.42. The van der Waals surface area contributed by atoms with Gasteiger partial charge in [0.25, 0.3) is 11.7 Å². The molecule has 0 radical (unpaired) electrons. The smallest absolute Gasteiger partial charge is 0.295 e. The second kappa shape index (κ2) is 10.7. The van der Waals surface area contributed by atoms with E-state index in [-0.39, 0.29) is 17.4 Å². The van der Waals surface area contributed by atoms with Gasteiger partial charge in [-0.2, -0.15) is 0 Å². The first-order chi connectivity index (χ1) is 16.2. The van der Waals surface area contributed by atoms with Crippen LogP contribution in [0.3, 0.4) is 0 Å². The van der Waals surface area contributed by atoms with Crippen LogP contribution in [0, 0.1) is 13.8 Å². The van der Waals surface area contributed by atoms with Gasteiger partial charge in [0.2, 0.25) is 0 Å². The predicted molar refractivity (Wildman–Crippen MR) is 130 cm³/mol. The summed E-state index contributed by atoms with van der Waals surface area (Å²) in [6.45, 7) is 8.37. The predicted octanol–water partition coefficient (Wildman–Crippen LogP) is 4.56. The Hall–Kier alpha value is -3.32. The zero-order valence-electron chi connectivity index (χ0n) is 20.7. The number of aliphatic hydroxyl groups excluding tert-OH is 1. The van der Waals surface area contributed by atoms with E-state index in [0.717, 1.165) is 11.1 Å². The highest BCUT2D eigenvalue weighted by molar-refractivity contribution is 6.46. The summed E-state index contributed by atoms with van der Waals surface area (Å²) in [6, 6.07) is 10.2. The molecule has 1 aliphatic rings. The molecule has 2 aromatic rings. The fourth-order valence-electron chi connectivity index (χ4n) is 4.41. The van der Waals surface area contributed by atoms with Crippen molar-refractivity contribution in [2.75, 3.05) is 27.4 Å². The van der Waals surface area contributed by atoms with E-state index in [2.05, 4.69) is 0 Å². The van der Waals surface area contributed by atoms with Crippen LogP contribution in [0.2, 0.25) is 0 Å². The van der Waals surface area contributed by atoms with Crippen molar-refractivity contribution in [2.45, 2.75) is 46.3 Å². The number of amides is 1. The molecule has 1 heterocycles. The van der Waals surface area contributed by atoms with Crippen LogP contribution in [-0.2, 0) is 14.3 Å². The molecule has 0 aromatic heterocycles. The lowest BCUT2D eigenvalue weighted by molar-refractivity contribution is -0.140. The molecule has 1 N–H and O–H groups in total. The summed E-state index contributed by atoms with van der Waals surface area (Å²) in [5, 5.41) is 11.4. The van der Waals surface area contributed by atoms with E-state index in [9.17, 15) is 14.7 Å². The Bertz CT molecular complexity index is 1100. The van der Waals surface area contributed by atoms with Gasteiger partial charge in [-0.1, -0.05) is 18.2 Å². The topological polar surface area (TPSA) is 85.3 Å². The SMILES string of the molecule is COCCCN1C(=O)C(=O)/C(=C(/O)c2cc(C)cc(C)c2OC)C1c1cccc(OC(C)C)c1. The summed E-state index contributed by atoms with van der Waals surface area (Å²) < 4.78 is 16.5. The van der Waals surface area contributed by atoms with Crippen LogP contribution in [0.4, 0.5) is 0 Å². The van der Waals surface area contributed by atoms with Gasteiger partial charge in [-0.3, -0.25) is 9.59 Å². The van der Waals surface area contributed by atoms with Crippen molar-refractivity contribution in [3.05, 3.63) is 64.2 Å². The monoisotopic (exact) mass is 467 g/mol. The summed E-state index contributed by atoms with van der Waals surface area (Å²) in [7, 11) is 3.10. The minimum atomic E-state index is -0.766. The number of Topliss-reactive ketones (excluding diaryl/α,β-unsaturated/α-hetero) is 1. The Morgan fingerprint density at radius 3 is 2.50 bits per heavy atom. The Labute approximate surface area is 200 Å². The lowest BCUT2D eigenvalue weighted by Gasteiger charge is -2.26. The Morgan fingerprint density at radius 1 is 1.12 bits per heavy atom. The maximum absolute atomic E-state index is 13.3. The molecule has 7 heteroatoms. The van der Waals surface area contributed by atoms with Gasteiger partial charge in [-0.05, 0) is 69.0 Å². The standard InChI is InChI=1S/C27H33NO6/c1-16(2)34-20-10-7-9-19(15-20)23-22(25(30)27(31)28(23)11-8-12-32-5)24(29)21-14-17(3)13-18(4)26(21)33-6/h7,9-10,13-16,23,29H,8,11-12H2,1-6H3/b24-22+. The number of methoxy groups -OCH3 is 2. The Balaban J connectivity index is 2.22. The van der Waals surface area contributed by atoms with Gasteiger partial charge in [0.1, 0.15) is 17.3 Å². The molecule has 0 spiro atoms. The van der Waals surface area contributed by atoms with Crippen LogP contribution in [0.1, 0.15) is 48.6 Å². The number of aryl methyl sites for hydroxylation is 2. The van der Waals surface area contributed by atoms with Crippen molar-refractivity contribution in [3.63, 3.8) is 0 Å². The van der Waals surface area contributed by atoms with Crippen LogP contribution >= 0.6 is 0 Å². The molecule has 1 saturated heterocycles. The van der Waals surface area contributed by atoms with Crippen molar-refractivity contribution in [2.24, 2.45) is 0 Å². The van der Waals surface area contributed by atoms with E-state index < -0.39 is 17.7 Å². The number of ketones is 1. The van der Waals surface area contributed by atoms with Gasteiger partial charge in [-0.25, -0.2) is 0 Å². The van der Waals surface area contributed by atoms with Crippen LogP contribution in [0.25, 0.3) is 5.76 Å². The van der Waals surface area contributed by atoms with Crippen molar-refractivity contribution in [3.8, 4) is 11.5 Å². The maximum Gasteiger partial charge on any atom is 0.295 e. The van der Waals surface area contributed by atoms with E-state index in [4.69, 9.17) is 14.2 Å². The van der Waals surface area contributed by atoms with Gasteiger partial charge in [-0.15, -0.1) is 0 Å². The third-order valence-electron chi connectivity index (χ3n) is 5.71. The first-order valence-electron chi connectivity index (χ1n) is 11.4. The van der Waals surface area contributed by atoms with Crippen LogP contribution in [0.5, 0.6) is 11.5 Å². The Morgan fingerprint density at radius 2 is 1.85 bits per heavy atom. The minimum absolute atomic E-state index is 0.0346. The largest absolute Gasteiger partial charge is 0.507 e. The van der Waals surface area contributed by atoms with Gasteiger partial charge >= 0.3 is 0 Å². The molecule has 34 heavy (non-hydrogen) atoms. The van der Waals surface area contributed by atoms with Crippen molar-refractivity contribution >= 4 is 17.4 Å². The summed E-state index contributed by atoms with van der Waals surface area (Å²) >= 11 is 0. The zero-order valence-corrected chi connectivity index (χ0v) is 20.7. The molecule has 0 aliphatic carbocycles. The summed E-state index contributed by atoms with van der Waals surface area (Å²) in [4.78, 5) is 27.9. The van der Waals surface area contributed by atoms with Gasteiger partial charge in [0.15, 0.2) is 0 Å². The lowest BCUT2D eigenvalue weighted by Crippen LogP contribution is -2.31. The average Bonchev–Trinajstić information content (AvgIpc) is 3.03. The molecule has 1 amide bonds. The van der Waals surface area contributed by atoms with Crippen molar-refractivity contribution < 1.29 is 28.9 Å². The molecule has 1 unspecified atom stereocenters. The van der Waals surface area contributed by atoms with Crippen molar-refractivity contribution in [1.29, 1.82) is 0 Å². The first kappa shape index (κ1) is 25.3. The number of aliphatic hydroxyl groups is 1. The molecule has 7 nitrogen and oxygen atoms in total. The molecule has 182 valence electrons. The average molecular weight is 468 g/mol. The number of likely N-dealkylation sites (tertiary alicyclic amines) is 1. The molecule has 1 atom stereocenters. The number of hydrogen-bond acceptors (Lipinski definition) is 6. The van der Waals surface area contributed by atoms with E-state index >= 15 is 0 Å². The fraction of sp³-hybridized carbons (Fsp3) is 0.407. The van der Waals surface area contributed by atoms with Gasteiger partial charge in [0, 0.05) is 20.3 Å². The maximum atomic E-state index is 13.3. The number of hydrogen-bond donors (Lipinski definition) is 1. The number of nitrogens with zero attached hydrogens (tertiary/aromatic N) is 1. The third-order valence-corrected chi connectivity index (χ3v) is 5.71. The lowest BCUT2D eigenvalue weighted by atomic mass is 9.93. The van der Waals surface area contributed by atoms with Gasteiger partial charge in [0.05, 0.1) is 30.4 Å². The molecule has 0 saturated carbocycles. The number of carbonyl (C=O) groups is 2. The Kier molecular flexibility index (Phi) is 7.99. The number of benzene rings is 2. The van der Waals surface area contributed by atoms with E-state index in [0.29, 0.717) is 42.2 Å². The molecule has 1 aliphatic heterocycles. The summed E-state index contributed by atoms with van der Waals surface area (Å²) in [5.74, 6) is -0.544. The molecule has 0 bridgehead atoms. The zero-order chi connectivity index (χ0) is 25.0. The number of rotatable bonds is 9. The molecular weight excluding hydrogens is 434 g/mol. The molecule has 2 aromatic carbocycles. The summed E-state index contributed by atoms with van der Waals surface area (Å²) in [6.07, 6.45) is 0.512. The van der Waals surface area contributed by atoms with Gasteiger partial charge < -0.3 is 24.2 Å². The second-order valence-corrected chi connectivity index (χ2v) is 8.74. The van der Waals surface area contributed by atoms with E-state index in [1.807, 2.05) is 58.0 Å². The van der Waals surface area contributed by atoms with E-state index in [1.54, 1.807) is 13.2 Å². The number of carbonyl (C=O) groups excluding carboxylic acids is 2. The van der Waals surface area contributed by atoms with E-state index in [1.165, 1.54) is 12.0 Å². The second-order valence-electron chi connectivity index (χ2n) is 8.74. The minimum Gasteiger partial charge on any atom is -0.507 e. The third kappa shape index (κ3) is 5.09. The summed E-state index contributed by atoms with van der Waals surface area (Å²) in [5.41, 5.74) is 2.82. The van der Waals surface area contributed by atoms with Crippen LogP contribution < -0.4 is 9.47 Å². The fourth-order valence-corrected chi connectivity index (χ4v) is 4.41. The quantitative estimate of drug-likeness (QED) is 0.252. The van der Waals surface area contributed by atoms with Crippen LogP contribution in [0.15, 0.2) is 42.0 Å². The normalized spacial score (nSPS) is 17.5. The van der Waals surface area contributed by atoms with Crippen LogP contribution in [-0.4, -0.2) is 55.2 Å². The highest BCUT2D eigenvalue weighted by Gasteiger charge is 2.46. The van der Waals surface area contributed by atoms with Crippen molar-refractivity contribution in [1.82, 2.24) is 4.90 Å². The molecule has 1 fully saturated rings. The first-order valence-corrected chi connectivity index (χ1v) is 11.4. The molecular formula is C27H33NO6. The number of ether oxygens (including phenoxy) is 3. The highest BCUT2D eigenvalue weighted by atomic mass is 16.5.